The van der Waals surface area contributed by atoms with Crippen molar-refractivity contribution in [2.75, 3.05) is 25.0 Å². The van der Waals surface area contributed by atoms with Gasteiger partial charge in [-0.05, 0) is 25.5 Å². The van der Waals surface area contributed by atoms with Gasteiger partial charge in [0.25, 0.3) is 0 Å². The normalized spacial score (nSPS) is 11.1. The Bertz CT molecular complexity index is 545. The Morgan fingerprint density at radius 2 is 2.10 bits per heavy atom. The van der Waals surface area contributed by atoms with Crippen LogP contribution in [0, 0.1) is 0 Å². The number of aromatic nitrogens is 1. The highest BCUT2D eigenvalue weighted by Gasteiger charge is 2.19. The number of anilines is 1. The number of rotatable bonds is 8. The Labute approximate surface area is 119 Å². The highest BCUT2D eigenvalue weighted by Crippen LogP contribution is 2.17. The Balaban J connectivity index is 2.83. The van der Waals surface area contributed by atoms with Crippen molar-refractivity contribution in [3.05, 3.63) is 18.3 Å². The van der Waals surface area contributed by atoms with Gasteiger partial charge >= 0.3 is 0 Å². The molecule has 0 aliphatic rings. The van der Waals surface area contributed by atoms with Gasteiger partial charge in [-0.3, -0.25) is 4.79 Å². The van der Waals surface area contributed by atoms with Gasteiger partial charge in [0, 0.05) is 19.3 Å². The van der Waals surface area contributed by atoms with Crippen molar-refractivity contribution < 1.29 is 13.2 Å². The van der Waals surface area contributed by atoms with E-state index in [1.165, 1.54) is 18.3 Å². The van der Waals surface area contributed by atoms with Crippen LogP contribution in [0.15, 0.2) is 23.2 Å². The topological polar surface area (TPSA) is 100 Å². The lowest BCUT2D eigenvalue weighted by molar-refractivity contribution is -0.119. The number of likely N-dealkylation sites (N-methyl/N-ethyl adjacent to an activating group) is 1. The van der Waals surface area contributed by atoms with Crippen LogP contribution in [0.25, 0.3) is 0 Å². The number of hydrogen-bond donors (Lipinski definition) is 3. The molecule has 0 saturated carbocycles. The summed E-state index contributed by atoms with van der Waals surface area (Å²) in [6, 6.07) is 2.99. The molecule has 112 valence electrons. The van der Waals surface area contributed by atoms with Crippen LogP contribution in [0.3, 0.4) is 0 Å². The Kier molecular flexibility index (Phi) is 6.40. The first-order valence-electron chi connectivity index (χ1n) is 6.46. The van der Waals surface area contributed by atoms with Crippen LogP contribution >= 0.6 is 0 Å². The predicted molar refractivity (Wildman–Crippen MR) is 76.9 cm³/mol. The van der Waals surface area contributed by atoms with Gasteiger partial charge in [0.05, 0.1) is 6.54 Å². The van der Waals surface area contributed by atoms with E-state index in [1.54, 1.807) is 6.92 Å². The Hall–Kier alpha value is -1.67. The number of hydrogen-bond acceptors (Lipinski definition) is 5. The van der Waals surface area contributed by atoms with E-state index >= 15 is 0 Å². The fourth-order valence-corrected chi connectivity index (χ4v) is 2.60. The molecule has 7 nitrogen and oxygen atoms in total. The summed E-state index contributed by atoms with van der Waals surface area (Å²) in [5, 5.41) is 5.47. The number of carbonyl (C=O) groups is 1. The number of nitrogens with zero attached hydrogens (tertiary/aromatic N) is 1. The van der Waals surface area contributed by atoms with Gasteiger partial charge < -0.3 is 10.6 Å². The molecule has 1 heterocycles. The van der Waals surface area contributed by atoms with Gasteiger partial charge in [0.15, 0.2) is 0 Å². The average molecular weight is 300 g/mol. The molecule has 1 rings (SSSR count). The molecule has 20 heavy (non-hydrogen) atoms. The van der Waals surface area contributed by atoms with Crippen molar-refractivity contribution in [2.45, 2.75) is 25.2 Å². The second-order valence-electron chi connectivity index (χ2n) is 4.05. The maximum absolute atomic E-state index is 12.2. The van der Waals surface area contributed by atoms with Crippen molar-refractivity contribution >= 4 is 21.7 Å². The molecular weight excluding hydrogens is 280 g/mol. The van der Waals surface area contributed by atoms with Crippen LogP contribution < -0.4 is 15.4 Å². The van der Waals surface area contributed by atoms with Crippen molar-refractivity contribution in [1.29, 1.82) is 0 Å². The summed E-state index contributed by atoms with van der Waals surface area (Å²) in [5.41, 5.74) is 0. The molecule has 3 N–H and O–H groups in total. The number of carbonyl (C=O) groups excluding carboxylic acids is 1. The summed E-state index contributed by atoms with van der Waals surface area (Å²) in [5.74, 6) is -0.0826. The van der Waals surface area contributed by atoms with Gasteiger partial charge in [0.2, 0.25) is 15.9 Å². The van der Waals surface area contributed by atoms with E-state index in [0.29, 0.717) is 13.1 Å². The first kappa shape index (κ1) is 16.4. The maximum Gasteiger partial charge on any atom is 0.244 e. The molecule has 0 fully saturated rings. The smallest absolute Gasteiger partial charge is 0.244 e. The Morgan fingerprint density at radius 1 is 1.35 bits per heavy atom. The highest BCUT2D eigenvalue weighted by atomic mass is 32.2. The molecule has 0 bridgehead atoms. The third kappa shape index (κ3) is 4.78. The fraction of sp³-hybridized carbons (Fsp3) is 0.500. The van der Waals surface area contributed by atoms with E-state index in [0.717, 1.165) is 6.42 Å². The summed E-state index contributed by atoms with van der Waals surface area (Å²) < 4.78 is 26.6. The molecular formula is C12H20N4O3S. The third-order valence-corrected chi connectivity index (χ3v) is 3.83. The standard InChI is InChI=1S/C12H20N4O3S/c1-3-7-14-12-10(6-5-8-15-12)20(18,19)16-9-11(17)13-4-2/h5-6,8,16H,3-4,7,9H2,1-2H3,(H,13,17)(H,14,15). The number of sulfonamides is 1. The first-order chi connectivity index (χ1) is 9.51. The third-order valence-electron chi connectivity index (χ3n) is 2.40. The molecule has 0 aromatic carbocycles. The van der Waals surface area contributed by atoms with Crippen molar-refractivity contribution in [3.8, 4) is 0 Å². The maximum atomic E-state index is 12.2. The second-order valence-corrected chi connectivity index (χ2v) is 5.79. The van der Waals surface area contributed by atoms with Crippen LogP contribution in [0.4, 0.5) is 5.82 Å². The highest BCUT2D eigenvalue weighted by molar-refractivity contribution is 7.89. The lowest BCUT2D eigenvalue weighted by atomic mass is 10.4. The predicted octanol–water partition coefficient (Wildman–Crippen LogP) is 0.318. The van der Waals surface area contributed by atoms with Crippen molar-refractivity contribution in [3.63, 3.8) is 0 Å². The van der Waals surface area contributed by atoms with Crippen LogP contribution in [-0.4, -0.2) is 38.9 Å². The molecule has 0 aliphatic heterocycles. The van der Waals surface area contributed by atoms with Crippen LogP contribution in [0.2, 0.25) is 0 Å². The molecule has 0 radical (unpaired) electrons. The van der Waals surface area contributed by atoms with Gasteiger partial charge in [-0.1, -0.05) is 6.92 Å². The molecule has 0 saturated heterocycles. The molecule has 0 unspecified atom stereocenters. The Morgan fingerprint density at radius 3 is 2.75 bits per heavy atom. The quantitative estimate of drug-likeness (QED) is 0.642. The van der Waals surface area contributed by atoms with Crippen molar-refractivity contribution in [1.82, 2.24) is 15.0 Å². The van der Waals surface area contributed by atoms with Gasteiger partial charge in [-0.25, -0.2) is 18.1 Å². The lowest BCUT2D eigenvalue weighted by Crippen LogP contribution is -2.37. The molecule has 0 aliphatic carbocycles. The monoisotopic (exact) mass is 300 g/mol. The van der Waals surface area contributed by atoms with E-state index < -0.39 is 10.0 Å². The lowest BCUT2D eigenvalue weighted by Gasteiger charge is -2.11. The van der Waals surface area contributed by atoms with Crippen molar-refractivity contribution in [2.24, 2.45) is 0 Å². The summed E-state index contributed by atoms with van der Waals surface area (Å²) in [7, 11) is -3.77. The van der Waals surface area contributed by atoms with Gasteiger partial charge in [-0.2, -0.15) is 0 Å². The van der Waals surface area contributed by atoms with Gasteiger partial charge in [-0.15, -0.1) is 0 Å². The SMILES string of the molecule is CCCNc1ncccc1S(=O)(=O)NCC(=O)NCC. The summed E-state index contributed by atoms with van der Waals surface area (Å²) >= 11 is 0. The van der Waals surface area contributed by atoms with E-state index in [4.69, 9.17) is 0 Å². The van der Waals surface area contributed by atoms with Crippen LogP contribution in [0.1, 0.15) is 20.3 Å². The summed E-state index contributed by atoms with van der Waals surface area (Å²) in [6.45, 7) is 4.52. The van der Waals surface area contributed by atoms with Crippen LogP contribution in [-0.2, 0) is 14.8 Å². The fourth-order valence-electron chi connectivity index (χ4n) is 1.48. The van der Waals surface area contributed by atoms with E-state index in [-0.39, 0.29) is 23.2 Å². The number of pyridine rings is 1. The number of amides is 1. The summed E-state index contributed by atoms with van der Waals surface area (Å²) in [6.07, 6.45) is 2.36. The average Bonchev–Trinajstić information content (AvgIpc) is 2.44. The molecule has 0 atom stereocenters. The van der Waals surface area contributed by atoms with Crippen LogP contribution in [0.5, 0.6) is 0 Å². The van der Waals surface area contributed by atoms with E-state index in [2.05, 4.69) is 20.3 Å². The minimum absolute atomic E-state index is 0.0396. The second kappa shape index (κ2) is 7.81. The zero-order chi connectivity index (χ0) is 15.0. The molecule has 8 heteroatoms. The largest absolute Gasteiger partial charge is 0.369 e. The minimum Gasteiger partial charge on any atom is -0.369 e. The van der Waals surface area contributed by atoms with E-state index in [1.807, 2.05) is 6.92 Å². The first-order valence-corrected chi connectivity index (χ1v) is 7.94. The molecule has 1 aromatic rings. The van der Waals surface area contributed by atoms with E-state index in [9.17, 15) is 13.2 Å². The zero-order valence-corrected chi connectivity index (χ0v) is 12.5. The number of nitrogens with one attached hydrogen (secondary N) is 3. The molecule has 0 spiro atoms. The molecule has 1 aromatic heterocycles. The zero-order valence-electron chi connectivity index (χ0n) is 11.6. The minimum atomic E-state index is -3.77. The van der Waals surface area contributed by atoms with Gasteiger partial charge in [0.1, 0.15) is 10.7 Å². The summed E-state index contributed by atoms with van der Waals surface area (Å²) in [4.78, 5) is 15.4. The molecule has 1 amide bonds.